The van der Waals surface area contributed by atoms with Crippen molar-refractivity contribution in [3.8, 4) is 0 Å². The van der Waals surface area contributed by atoms with E-state index in [2.05, 4.69) is 25.9 Å². The second-order valence-electron chi connectivity index (χ2n) is 3.05. The van der Waals surface area contributed by atoms with E-state index >= 15 is 0 Å². The largest absolute Gasteiger partial charge is 0.327 e. The average Bonchev–Trinajstić information content (AvgIpc) is 1.97. The lowest BCUT2D eigenvalue weighted by molar-refractivity contribution is 0.437. The van der Waals surface area contributed by atoms with Crippen molar-refractivity contribution < 1.29 is 0 Å². The van der Waals surface area contributed by atoms with Gasteiger partial charge in [0.05, 0.1) is 0 Å². The smallest absolute Gasteiger partial charge is 0.0127 e. The highest BCUT2D eigenvalue weighted by atomic mass is 32.2. The summed E-state index contributed by atoms with van der Waals surface area (Å²) in [7, 11) is 4.20. The molecule has 0 rings (SSSR count). The molecule has 68 valence electrons. The Morgan fingerprint density at radius 2 is 2.09 bits per heavy atom. The van der Waals surface area contributed by atoms with Crippen molar-refractivity contribution in [2.75, 3.05) is 32.1 Å². The number of nitrogens with zero attached hydrogens (tertiary/aromatic N) is 1. The first-order chi connectivity index (χ1) is 5.16. The van der Waals surface area contributed by atoms with Crippen LogP contribution in [0.25, 0.3) is 0 Å². The van der Waals surface area contributed by atoms with Crippen molar-refractivity contribution in [3.05, 3.63) is 0 Å². The third-order valence-corrected chi connectivity index (χ3v) is 2.67. The topological polar surface area (TPSA) is 29.3 Å². The molecule has 0 aliphatic carbocycles. The van der Waals surface area contributed by atoms with E-state index in [0.717, 1.165) is 18.7 Å². The van der Waals surface area contributed by atoms with Gasteiger partial charge in [-0.25, -0.2) is 0 Å². The van der Waals surface area contributed by atoms with E-state index in [1.807, 2.05) is 11.8 Å². The van der Waals surface area contributed by atoms with Crippen molar-refractivity contribution in [1.82, 2.24) is 4.90 Å². The fraction of sp³-hybridized carbons (Fsp3) is 1.00. The number of nitrogens with two attached hydrogens (primary N) is 1. The summed E-state index contributed by atoms with van der Waals surface area (Å²) in [4.78, 5) is 2.20. The highest BCUT2D eigenvalue weighted by Crippen LogP contribution is 2.03. The summed E-state index contributed by atoms with van der Waals surface area (Å²) in [6, 6.07) is 0.391. The van der Waals surface area contributed by atoms with Crippen molar-refractivity contribution in [3.63, 3.8) is 0 Å². The van der Waals surface area contributed by atoms with Crippen LogP contribution in [-0.4, -0.2) is 43.1 Å². The van der Waals surface area contributed by atoms with Crippen LogP contribution in [0, 0.1) is 0 Å². The first-order valence-electron chi connectivity index (χ1n) is 4.14. The van der Waals surface area contributed by atoms with Gasteiger partial charge in [0.1, 0.15) is 0 Å². The van der Waals surface area contributed by atoms with Gasteiger partial charge in [0.15, 0.2) is 0 Å². The quantitative estimate of drug-likeness (QED) is 0.613. The molecule has 2 N–H and O–H groups in total. The minimum Gasteiger partial charge on any atom is -0.327 e. The van der Waals surface area contributed by atoms with Crippen molar-refractivity contribution in [1.29, 1.82) is 0 Å². The molecule has 0 saturated heterocycles. The van der Waals surface area contributed by atoms with Crippen LogP contribution in [0.5, 0.6) is 0 Å². The molecular formula is C8H20N2S. The monoisotopic (exact) mass is 176 g/mol. The Morgan fingerprint density at radius 3 is 2.55 bits per heavy atom. The molecule has 3 heteroatoms. The molecule has 1 unspecified atom stereocenters. The van der Waals surface area contributed by atoms with Crippen LogP contribution in [0.2, 0.25) is 0 Å². The predicted octanol–water partition coefficient (Wildman–Crippen LogP) is 1.02. The number of hydrogen-bond acceptors (Lipinski definition) is 3. The minimum absolute atomic E-state index is 0.391. The SMILES string of the molecule is CCC(N)CSCCN(C)C. The Kier molecular flexibility index (Phi) is 7.12. The van der Waals surface area contributed by atoms with Crippen molar-refractivity contribution >= 4 is 11.8 Å². The summed E-state index contributed by atoms with van der Waals surface area (Å²) in [6.07, 6.45) is 1.09. The average molecular weight is 176 g/mol. The first-order valence-corrected chi connectivity index (χ1v) is 5.30. The fourth-order valence-corrected chi connectivity index (χ4v) is 1.80. The summed E-state index contributed by atoms with van der Waals surface area (Å²) in [5, 5.41) is 0. The van der Waals surface area contributed by atoms with E-state index in [0.29, 0.717) is 6.04 Å². The Hall–Kier alpha value is 0.270. The molecular weight excluding hydrogens is 156 g/mol. The lowest BCUT2D eigenvalue weighted by atomic mass is 10.3. The lowest BCUT2D eigenvalue weighted by Crippen LogP contribution is -2.22. The maximum Gasteiger partial charge on any atom is 0.0127 e. The van der Waals surface area contributed by atoms with Gasteiger partial charge in [0, 0.05) is 24.1 Å². The molecule has 0 aliphatic heterocycles. The van der Waals surface area contributed by atoms with Crippen LogP contribution in [-0.2, 0) is 0 Å². The molecule has 0 fully saturated rings. The molecule has 0 aliphatic rings. The van der Waals surface area contributed by atoms with E-state index in [1.54, 1.807) is 0 Å². The van der Waals surface area contributed by atoms with E-state index in [1.165, 1.54) is 5.75 Å². The molecule has 2 nitrogen and oxygen atoms in total. The number of rotatable bonds is 6. The van der Waals surface area contributed by atoms with E-state index in [-0.39, 0.29) is 0 Å². The number of thioether (sulfide) groups is 1. The minimum atomic E-state index is 0.391. The summed E-state index contributed by atoms with van der Waals surface area (Å²) in [6.45, 7) is 3.29. The molecule has 0 radical (unpaired) electrons. The van der Waals surface area contributed by atoms with Crippen LogP contribution in [0.3, 0.4) is 0 Å². The molecule has 0 amide bonds. The fourth-order valence-electron chi connectivity index (χ4n) is 0.600. The van der Waals surface area contributed by atoms with Crippen LogP contribution in [0.4, 0.5) is 0 Å². The van der Waals surface area contributed by atoms with E-state index in [4.69, 9.17) is 5.73 Å². The molecule has 1 atom stereocenters. The maximum absolute atomic E-state index is 5.76. The highest BCUT2D eigenvalue weighted by Gasteiger charge is 1.98. The van der Waals surface area contributed by atoms with Crippen LogP contribution >= 0.6 is 11.8 Å². The van der Waals surface area contributed by atoms with Crippen molar-refractivity contribution in [2.45, 2.75) is 19.4 Å². The third kappa shape index (κ3) is 8.17. The zero-order chi connectivity index (χ0) is 8.69. The van der Waals surface area contributed by atoms with Crippen LogP contribution in [0.1, 0.15) is 13.3 Å². The summed E-state index contributed by atoms with van der Waals surface area (Å²) >= 11 is 1.95. The van der Waals surface area contributed by atoms with E-state index in [9.17, 15) is 0 Å². The molecule has 0 aromatic heterocycles. The summed E-state index contributed by atoms with van der Waals surface area (Å²) < 4.78 is 0. The van der Waals surface area contributed by atoms with Gasteiger partial charge in [-0.05, 0) is 20.5 Å². The second kappa shape index (κ2) is 6.95. The van der Waals surface area contributed by atoms with Gasteiger partial charge in [-0.15, -0.1) is 0 Å². The van der Waals surface area contributed by atoms with E-state index < -0.39 is 0 Å². The molecule has 0 saturated carbocycles. The molecule has 0 aromatic rings. The zero-order valence-corrected chi connectivity index (χ0v) is 8.66. The van der Waals surface area contributed by atoms with Gasteiger partial charge < -0.3 is 10.6 Å². The third-order valence-electron chi connectivity index (χ3n) is 1.54. The molecule has 0 heterocycles. The van der Waals surface area contributed by atoms with Gasteiger partial charge in [0.2, 0.25) is 0 Å². The molecule has 11 heavy (non-hydrogen) atoms. The second-order valence-corrected chi connectivity index (χ2v) is 4.20. The summed E-state index contributed by atoms with van der Waals surface area (Å²) in [5.74, 6) is 2.30. The van der Waals surface area contributed by atoms with Crippen LogP contribution < -0.4 is 5.73 Å². The number of hydrogen-bond donors (Lipinski definition) is 1. The van der Waals surface area contributed by atoms with Gasteiger partial charge in [-0.3, -0.25) is 0 Å². The summed E-state index contributed by atoms with van der Waals surface area (Å²) in [5.41, 5.74) is 5.76. The molecule has 0 bridgehead atoms. The van der Waals surface area contributed by atoms with Gasteiger partial charge in [0.25, 0.3) is 0 Å². The van der Waals surface area contributed by atoms with Crippen LogP contribution in [0.15, 0.2) is 0 Å². The van der Waals surface area contributed by atoms with Gasteiger partial charge in [-0.2, -0.15) is 11.8 Å². The Bertz CT molecular complexity index is 86.2. The van der Waals surface area contributed by atoms with Gasteiger partial charge >= 0.3 is 0 Å². The normalized spacial score (nSPS) is 13.9. The molecule has 0 spiro atoms. The maximum atomic E-state index is 5.76. The Labute approximate surface area is 74.5 Å². The first kappa shape index (κ1) is 11.3. The Morgan fingerprint density at radius 1 is 1.45 bits per heavy atom. The molecule has 0 aromatic carbocycles. The predicted molar refractivity (Wildman–Crippen MR) is 54.1 cm³/mol. The lowest BCUT2D eigenvalue weighted by Gasteiger charge is -2.10. The Balaban J connectivity index is 3.01. The van der Waals surface area contributed by atoms with Crippen molar-refractivity contribution in [2.24, 2.45) is 5.73 Å². The van der Waals surface area contributed by atoms with Gasteiger partial charge in [-0.1, -0.05) is 6.92 Å². The zero-order valence-electron chi connectivity index (χ0n) is 7.84. The standard InChI is InChI=1S/C8H20N2S/c1-4-8(9)7-11-6-5-10(2)3/h8H,4-7,9H2,1-3H3. The highest BCUT2D eigenvalue weighted by molar-refractivity contribution is 7.99.